The van der Waals surface area contributed by atoms with Gasteiger partial charge < -0.3 is 24.8 Å². The fourth-order valence-corrected chi connectivity index (χ4v) is 1.69. The van der Waals surface area contributed by atoms with E-state index >= 15 is 0 Å². The normalized spacial score (nSPS) is 39.1. The Balaban J connectivity index is 2.79. The van der Waals surface area contributed by atoms with Gasteiger partial charge in [0.1, 0.15) is 12.7 Å². The van der Waals surface area contributed by atoms with Crippen LogP contribution < -0.4 is 0 Å². The van der Waals surface area contributed by atoms with Gasteiger partial charge in [-0.15, -0.1) is 0 Å². The maximum Gasteiger partial charge on any atom is 0.221 e. The highest BCUT2D eigenvalue weighted by molar-refractivity contribution is 4.92. The molecule has 0 amide bonds. The van der Waals surface area contributed by atoms with Gasteiger partial charge in [0.15, 0.2) is 0 Å². The zero-order valence-electron chi connectivity index (χ0n) is 8.85. The first-order valence-corrected chi connectivity index (χ1v) is 4.80. The van der Waals surface area contributed by atoms with Gasteiger partial charge in [0.2, 0.25) is 5.79 Å². The van der Waals surface area contributed by atoms with Gasteiger partial charge in [-0.05, 0) is 5.53 Å². The smallest absolute Gasteiger partial charge is 0.221 e. The lowest BCUT2D eigenvalue weighted by Crippen LogP contribution is -2.61. The lowest BCUT2D eigenvalue weighted by atomic mass is 9.95. The summed E-state index contributed by atoms with van der Waals surface area (Å²) in [7, 11) is 1.25. The van der Waals surface area contributed by atoms with Crippen molar-refractivity contribution in [2.75, 3.05) is 20.3 Å². The molecular formula is C8H15N3O5. The highest BCUT2D eigenvalue weighted by Gasteiger charge is 2.49. The molecule has 0 unspecified atom stereocenters. The number of nitrogens with zero attached hydrogens (tertiary/aromatic N) is 3. The van der Waals surface area contributed by atoms with Crippen molar-refractivity contribution in [2.45, 2.75) is 30.5 Å². The molecule has 1 aliphatic rings. The number of methoxy groups -OCH3 is 1. The van der Waals surface area contributed by atoms with Crippen LogP contribution in [0.15, 0.2) is 5.11 Å². The van der Waals surface area contributed by atoms with E-state index in [1.165, 1.54) is 7.11 Å². The molecule has 16 heavy (non-hydrogen) atoms. The molecule has 8 heteroatoms. The number of hydrogen-bond acceptors (Lipinski definition) is 6. The zero-order valence-corrected chi connectivity index (χ0v) is 8.85. The summed E-state index contributed by atoms with van der Waals surface area (Å²) >= 11 is 0. The predicted molar refractivity (Wildman–Crippen MR) is 52.3 cm³/mol. The molecule has 4 atom stereocenters. The largest absolute Gasteiger partial charge is 0.391 e. The summed E-state index contributed by atoms with van der Waals surface area (Å²) in [5, 5.41) is 31.7. The van der Waals surface area contributed by atoms with Crippen molar-refractivity contribution >= 4 is 0 Å². The predicted octanol–water partition coefficient (Wildman–Crippen LogP) is -0.858. The van der Waals surface area contributed by atoms with Crippen LogP contribution in [0.25, 0.3) is 10.4 Å². The highest BCUT2D eigenvalue weighted by atomic mass is 16.7. The minimum Gasteiger partial charge on any atom is -0.391 e. The Morgan fingerprint density at radius 3 is 2.81 bits per heavy atom. The van der Waals surface area contributed by atoms with Crippen LogP contribution in [0.2, 0.25) is 0 Å². The van der Waals surface area contributed by atoms with E-state index in [2.05, 4.69) is 10.0 Å². The van der Waals surface area contributed by atoms with E-state index in [1.807, 2.05) is 0 Å². The SMILES string of the molecule is CO[C@@]1(CO)O[C@H](CN=[N+]=[N-])C[C@@H](O)[C@@H]1O. The van der Waals surface area contributed by atoms with Crippen molar-refractivity contribution in [2.24, 2.45) is 5.11 Å². The molecule has 0 aromatic rings. The Labute approximate surface area is 92.0 Å². The molecule has 0 spiro atoms. The minimum atomic E-state index is -1.66. The van der Waals surface area contributed by atoms with Gasteiger partial charge in [-0.1, -0.05) is 5.11 Å². The Morgan fingerprint density at radius 1 is 1.62 bits per heavy atom. The maximum absolute atomic E-state index is 9.67. The summed E-state index contributed by atoms with van der Waals surface area (Å²) in [5.41, 5.74) is 8.17. The molecule has 0 aromatic carbocycles. The summed E-state index contributed by atoms with van der Waals surface area (Å²) in [5.74, 6) is -1.66. The van der Waals surface area contributed by atoms with Crippen LogP contribution in [0.5, 0.6) is 0 Å². The van der Waals surface area contributed by atoms with E-state index < -0.39 is 30.7 Å². The number of aliphatic hydroxyl groups excluding tert-OH is 3. The summed E-state index contributed by atoms with van der Waals surface area (Å²) < 4.78 is 10.2. The van der Waals surface area contributed by atoms with Gasteiger partial charge in [-0.25, -0.2) is 0 Å². The van der Waals surface area contributed by atoms with E-state index in [0.29, 0.717) is 0 Å². The lowest BCUT2D eigenvalue weighted by molar-refractivity contribution is -0.340. The molecule has 0 aliphatic carbocycles. The molecule has 3 N–H and O–H groups in total. The Kier molecular flexibility index (Phi) is 4.48. The van der Waals surface area contributed by atoms with Gasteiger partial charge in [0, 0.05) is 18.4 Å². The fourth-order valence-electron chi connectivity index (χ4n) is 1.69. The monoisotopic (exact) mass is 233 g/mol. The van der Waals surface area contributed by atoms with Crippen LogP contribution >= 0.6 is 0 Å². The van der Waals surface area contributed by atoms with Gasteiger partial charge in [-0.3, -0.25) is 0 Å². The minimum absolute atomic E-state index is 0.00535. The summed E-state index contributed by atoms with van der Waals surface area (Å²) in [6.07, 6.45) is -2.92. The first kappa shape index (κ1) is 13.2. The number of hydrogen-bond donors (Lipinski definition) is 3. The molecule has 1 aliphatic heterocycles. The van der Waals surface area contributed by atoms with E-state index in [-0.39, 0.29) is 13.0 Å². The maximum atomic E-state index is 9.67. The number of aliphatic hydroxyl groups is 3. The van der Waals surface area contributed by atoms with E-state index in [4.69, 9.17) is 20.1 Å². The second-order valence-corrected chi connectivity index (χ2v) is 3.58. The third kappa shape index (κ3) is 2.43. The molecule has 0 saturated carbocycles. The number of rotatable bonds is 4. The van der Waals surface area contributed by atoms with Crippen LogP contribution in [0.3, 0.4) is 0 Å². The van der Waals surface area contributed by atoms with Gasteiger partial charge in [0.25, 0.3) is 0 Å². The van der Waals surface area contributed by atoms with E-state index in [9.17, 15) is 10.2 Å². The van der Waals surface area contributed by atoms with Gasteiger partial charge >= 0.3 is 0 Å². The first-order valence-electron chi connectivity index (χ1n) is 4.80. The molecule has 1 fully saturated rings. The molecule has 1 heterocycles. The fraction of sp³-hybridized carbons (Fsp3) is 1.00. The summed E-state index contributed by atoms with van der Waals surface area (Å²) in [6.45, 7) is -0.597. The first-order chi connectivity index (χ1) is 7.59. The van der Waals surface area contributed by atoms with Crippen molar-refractivity contribution < 1.29 is 24.8 Å². The van der Waals surface area contributed by atoms with Crippen LogP contribution in [-0.2, 0) is 9.47 Å². The Hall–Kier alpha value is -0.890. The molecule has 1 saturated heterocycles. The lowest BCUT2D eigenvalue weighted by Gasteiger charge is -2.44. The molecule has 8 nitrogen and oxygen atoms in total. The highest BCUT2D eigenvalue weighted by Crippen LogP contribution is 2.30. The third-order valence-corrected chi connectivity index (χ3v) is 2.60. The zero-order chi connectivity index (χ0) is 12.2. The molecule has 0 aromatic heterocycles. The second kappa shape index (κ2) is 5.44. The Bertz CT molecular complexity index is 277. The average molecular weight is 233 g/mol. The molecule has 0 bridgehead atoms. The number of azide groups is 1. The van der Waals surface area contributed by atoms with Gasteiger partial charge in [-0.2, -0.15) is 0 Å². The summed E-state index contributed by atoms with van der Waals surface area (Å²) in [4.78, 5) is 2.57. The van der Waals surface area contributed by atoms with Crippen LogP contribution in [0, 0.1) is 0 Å². The molecule has 1 rings (SSSR count). The average Bonchev–Trinajstić information content (AvgIpc) is 2.31. The van der Waals surface area contributed by atoms with Gasteiger partial charge in [0.05, 0.1) is 18.8 Å². The second-order valence-electron chi connectivity index (χ2n) is 3.58. The van der Waals surface area contributed by atoms with Crippen molar-refractivity contribution in [3.63, 3.8) is 0 Å². The van der Waals surface area contributed by atoms with E-state index in [1.54, 1.807) is 0 Å². The Morgan fingerprint density at radius 2 is 2.31 bits per heavy atom. The topological polar surface area (TPSA) is 128 Å². The van der Waals surface area contributed by atoms with Crippen LogP contribution in [0.1, 0.15) is 6.42 Å². The molecule has 0 radical (unpaired) electrons. The van der Waals surface area contributed by atoms with E-state index in [0.717, 1.165) is 0 Å². The van der Waals surface area contributed by atoms with Crippen molar-refractivity contribution in [1.82, 2.24) is 0 Å². The quantitative estimate of drug-likeness (QED) is 0.331. The van der Waals surface area contributed by atoms with Crippen molar-refractivity contribution in [1.29, 1.82) is 0 Å². The molecule has 92 valence electrons. The van der Waals surface area contributed by atoms with Crippen molar-refractivity contribution in [3.8, 4) is 0 Å². The third-order valence-electron chi connectivity index (χ3n) is 2.60. The van der Waals surface area contributed by atoms with Crippen LogP contribution in [-0.4, -0.2) is 59.7 Å². The standard InChI is InChI=1S/C8H15N3O5/c1-15-8(4-12)7(14)6(13)2-5(16-8)3-10-11-9/h5-7,12-14H,2-4H2,1H3/t5-,6+,7-,8-/m0/s1. The van der Waals surface area contributed by atoms with Crippen LogP contribution in [0.4, 0.5) is 0 Å². The van der Waals surface area contributed by atoms with Crippen molar-refractivity contribution in [3.05, 3.63) is 10.4 Å². The molecular weight excluding hydrogens is 218 g/mol. The summed E-state index contributed by atoms with van der Waals surface area (Å²) in [6, 6.07) is 0. The number of ether oxygens (including phenoxy) is 2.